The van der Waals surface area contributed by atoms with Gasteiger partial charge in [-0.2, -0.15) is 0 Å². The van der Waals surface area contributed by atoms with Crippen molar-refractivity contribution in [1.29, 1.82) is 0 Å². The van der Waals surface area contributed by atoms with E-state index in [9.17, 15) is 4.79 Å². The molecule has 0 N–H and O–H groups in total. The highest BCUT2D eigenvalue weighted by Gasteiger charge is 2.22. The maximum Gasteiger partial charge on any atom is 0.161 e. The Hall–Kier alpha value is -1.51. The van der Waals surface area contributed by atoms with Crippen molar-refractivity contribution in [3.05, 3.63) is 23.3 Å². The van der Waals surface area contributed by atoms with Crippen LogP contribution in [0, 0.1) is 0 Å². The molecule has 1 atom stereocenters. The fraction of sp³-hybridized carbons (Fsp3) is 0.462. The average Bonchev–Trinajstić information content (AvgIpc) is 2.36. The van der Waals surface area contributed by atoms with Crippen LogP contribution in [0.3, 0.4) is 0 Å². The van der Waals surface area contributed by atoms with E-state index in [-0.39, 0.29) is 5.92 Å². The van der Waals surface area contributed by atoms with Crippen molar-refractivity contribution in [1.82, 2.24) is 0 Å². The quantitative estimate of drug-likeness (QED) is 0.733. The second kappa shape index (κ2) is 4.56. The third kappa shape index (κ3) is 1.77. The lowest BCUT2D eigenvalue weighted by Gasteiger charge is -2.23. The molecule has 1 aromatic carbocycles. The van der Waals surface area contributed by atoms with Gasteiger partial charge in [0.05, 0.1) is 14.2 Å². The third-order valence-corrected chi connectivity index (χ3v) is 3.17. The van der Waals surface area contributed by atoms with Gasteiger partial charge < -0.3 is 14.3 Å². The predicted octanol–water partition coefficient (Wildman–Crippen LogP) is 2.32. The molecule has 0 spiro atoms. The predicted molar refractivity (Wildman–Crippen MR) is 61.3 cm³/mol. The molecule has 3 heteroatoms. The van der Waals surface area contributed by atoms with E-state index in [1.807, 2.05) is 12.1 Å². The molecule has 0 radical (unpaired) electrons. The molecular weight excluding hydrogens is 204 g/mol. The lowest BCUT2D eigenvalue weighted by molar-refractivity contribution is -0.109. The van der Waals surface area contributed by atoms with Crippen LogP contribution in [0.1, 0.15) is 29.9 Å². The lowest BCUT2D eigenvalue weighted by atomic mass is 9.83. The number of fused-ring (bicyclic) bond motifs is 1. The van der Waals surface area contributed by atoms with Gasteiger partial charge in [0.2, 0.25) is 0 Å². The van der Waals surface area contributed by atoms with Crippen molar-refractivity contribution in [3.8, 4) is 11.5 Å². The van der Waals surface area contributed by atoms with Gasteiger partial charge in [-0.25, -0.2) is 0 Å². The van der Waals surface area contributed by atoms with Gasteiger partial charge in [-0.15, -0.1) is 0 Å². The minimum atomic E-state index is 0.0172. The summed E-state index contributed by atoms with van der Waals surface area (Å²) in [6, 6.07) is 3.93. The molecule has 0 fully saturated rings. The molecule has 2 rings (SSSR count). The Kier molecular flexibility index (Phi) is 3.13. The van der Waals surface area contributed by atoms with Crippen molar-refractivity contribution >= 4 is 6.29 Å². The molecule has 0 aromatic heterocycles. The Morgan fingerprint density at radius 2 is 1.94 bits per heavy atom. The molecular formula is C13H16O3. The van der Waals surface area contributed by atoms with Crippen LogP contribution in [0.5, 0.6) is 11.5 Å². The third-order valence-electron chi connectivity index (χ3n) is 3.17. The van der Waals surface area contributed by atoms with Gasteiger partial charge in [0.1, 0.15) is 6.29 Å². The van der Waals surface area contributed by atoms with Gasteiger partial charge in [0.25, 0.3) is 0 Å². The number of aryl methyl sites for hydroxylation is 1. The molecule has 3 nitrogen and oxygen atoms in total. The van der Waals surface area contributed by atoms with E-state index in [0.717, 1.165) is 36.9 Å². The molecule has 16 heavy (non-hydrogen) atoms. The second-order valence-electron chi connectivity index (χ2n) is 4.04. The normalized spacial score (nSPS) is 18.8. The average molecular weight is 220 g/mol. The molecule has 1 aromatic rings. The minimum Gasteiger partial charge on any atom is -0.493 e. The maximum absolute atomic E-state index is 11.0. The van der Waals surface area contributed by atoms with Crippen molar-refractivity contribution in [3.63, 3.8) is 0 Å². The number of hydrogen-bond donors (Lipinski definition) is 0. The van der Waals surface area contributed by atoms with Gasteiger partial charge in [0, 0.05) is 5.92 Å². The molecule has 86 valence electrons. The lowest BCUT2D eigenvalue weighted by Crippen LogP contribution is -2.11. The molecule has 0 saturated carbocycles. The van der Waals surface area contributed by atoms with Crippen molar-refractivity contribution in [2.24, 2.45) is 0 Å². The van der Waals surface area contributed by atoms with Crippen LogP contribution in [0.4, 0.5) is 0 Å². The molecule has 0 saturated heterocycles. The number of benzene rings is 1. The topological polar surface area (TPSA) is 35.5 Å². The van der Waals surface area contributed by atoms with E-state index in [4.69, 9.17) is 9.47 Å². The van der Waals surface area contributed by atoms with E-state index < -0.39 is 0 Å². The number of aldehydes is 1. The number of methoxy groups -OCH3 is 2. The Labute approximate surface area is 95.4 Å². The summed E-state index contributed by atoms with van der Waals surface area (Å²) in [4.78, 5) is 11.0. The Balaban J connectivity index is 2.50. The van der Waals surface area contributed by atoms with Crippen LogP contribution in [0.2, 0.25) is 0 Å². The number of carbonyl (C=O) groups is 1. The van der Waals surface area contributed by atoms with E-state index in [2.05, 4.69) is 0 Å². The molecule has 0 bridgehead atoms. The molecule has 1 aliphatic carbocycles. The Morgan fingerprint density at radius 1 is 1.25 bits per heavy atom. The molecule has 0 amide bonds. The largest absolute Gasteiger partial charge is 0.493 e. The summed E-state index contributed by atoms with van der Waals surface area (Å²) in [6.45, 7) is 0. The summed E-state index contributed by atoms with van der Waals surface area (Å²) < 4.78 is 10.5. The summed E-state index contributed by atoms with van der Waals surface area (Å²) in [5.74, 6) is 1.46. The highest BCUT2D eigenvalue weighted by molar-refractivity contribution is 5.66. The van der Waals surface area contributed by atoms with Gasteiger partial charge in [0.15, 0.2) is 11.5 Å². The number of ether oxygens (including phenoxy) is 2. The van der Waals surface area contributed by atoms with Gasteiger partial charge in [-0.05, 0) is 42.5 Å². The van der Waals surface area contributed by atoms with Gasteiger partial charge >= 0.3 is 0 Å². The zero-order chi connectivity index (χ0) is 11.5. The Bertz CT molecular complexity index is 398. The van der Waals surface area contributed by atoms with Gasteiger partial charge in [-0.3, -0.25) is 0 Å². The van der Waals surface area contributed by atoms with Gasteiger partial charge in [-0.1, -0.05) is 0 Å². The molecule has 0 heterocycles. The van der Waals surface area contributed by atoms with E-state index in [1.54, 1.807) is 14.2 Å². The van der Waals surface area contributed by atoms with Crippen LogP contribution >= 0.6 is 0 Å². The summed E-state index contributed by atoms with van der Waals surface area (Å²) in [5, 5.41) is 0. The summed E-state index contributed by atoms with van der Waals surface area (Å²) in [5.41, 5.74) is 2.31. The van der Waals surface area contributed by atoms with Crippen LogP contribution in [0.15, 0.2) is 12.1 Å². The highest BCUT2D eigenvalue weighted by Crippen LogP contribution is 2.38. The van der Waals surface area contributed by atoms with Crippen LogP contribution in [0.25, 0.3) is 0 Å². The second-order valence-corrected chi connectivity index (χ2v) is 4.04. The summed E-state index contributed by atoms with van der Waals surface area (Å²) in [7, 11) is 3.24. The van der Waals surface area contributed by atoms with E-state index in [1.165, 1.54) is 5.56 Å². The van der Waals surface area contributed by atoms with Crippen LogP contribution in [-0.2, 0) is 11.2 Å². The number of carbonyl (C=O) groups excluding carboxylic acids is 1. The zero-order valence-corrected chi connectivity index (χ0v) is 9.66. The molecule has 0 unspecified atom stereocenters. The first-order valence-corrected chi connectivity index (χ1v) is 5.50. The zero-order valence-electron chi connectivity index (χ0n) is 9.66. The standard InChI is InChI=1S/C13H16O3/c1-15-12-6-9-4-3-5-10(8-14)11(9)7-13(12)16-2/h6-8,10H,3-5H2,1-2H3/t10-/m0/s1. The fourth-order valence-corrected chi connectivity index (χ4v) is 2.31. The summed E-state index contributed by atoms with van der Waals surface area (Å²) in [6.07, 6.45) is 4.04. The van der Waals surface area contributed by atoms with Crippen molar-refractivity contribution in [2.45, 2.75) is 25.2 Å². The molecule has 1 aliphatic rings. The van der Waals surface area contributed by atoms with Crippen molar-refractivity contribution < 1.29 is 14.3 Å². The first-order valence-electron chi connectivity index (χ1n) is 5.50. The SMILES string of the molecule is COc1cc2c(cc1OC)[C@H](C=O)CCC2. The number of rotatable bonds is 3. The first kappa shape index (κ1) is 11.0. The molecule has 0 aliphatic heterocycles. The minimum absolute atomic E-state index is 0.0172. The van der Waals surface area contributed by atoms with Crippen molar-refractivity contribution in [2.75, 3.05) is 14.2 Å². The number of hydrogen-bond acceptors (Lipinski definition) is 3. The Morgan fingerprint density at radius 3 is 2.56 bits per heavy atom. The van der Waals surface area contributed by atoms with E-state index >= 15 is 0 Å². The monoisotopic (exact) mass is 220 g/mol. The maximum atomic E-state index is 11.0. The smallest absolute Gasteiger partial charge is 0.161 e. The first-order chi connectivity index (χ1) is 7.80. The van der Waals surface area contributed by atoms with E-state index in [0.29, 0.717) is 5.75 Å². The highest BCUT2D eigenvalue weighted by atomic mass is 16.5. The van der Waals surface area contributed by atoms with Crippen LogP contribution < -0.4 is 9.47 Å². The van der Waals surface area contributed by atoms with Crippen LogP contribution in [-0.4, -0.2) is 20.5 Å². The summed E-state index contributed by atoms with van der Waals surface area (Å²) >= 11 is 0. The fourth-order valence-electron chi connectivity index (χ4n) is 2.31.